The van der Waals surface area contributed by atoms with Gasteiger partial charge in [0.25, 0.3) is 0 Å². The molecule has 0 atom stereocenters. The number of ether oxygens (including phenoxy) is 1. The van der Waals surface area contributed by atoms with Crippen LogP contribution >= 0.6 is 0 Å². The van der Waals surface area contributed by atoms with Gasteiger partial charge in [0, 0.05) is 6.08 Å². The van der Waals surface area contributed by atoms with Gasteiger partial charge in [-0.1, -0.05) is 20.4 Å². The Kier molecular flexibility index (Phi) is 8.20. The lowest BCUT2D eigenvalue weighted by atomic mass is 9.91. The van der Waals surface area contributed by atoms with Crippen molar-refractivity contribution in [3.63, 3.8) is 0 Å². The second kappa shape index (κ2) is 8.53. The molecular formula is C12H24O3Si. The van der Waals surface area contributed by atoms with Crippen LogP contribution in [0.3, 0.4) is 0 Å². The zero-order chi connectivity index (χ0) is 12.4. The minimum Gasteiger partial charge on any atom is -0.463 e. The van der Waals surface area contributed by atoms with E-state index in [1.807, 2.05) is 0 Å². The van der Waals surface area contributed by atoms with E-state index in [0.717, 1.165) is 42.6 Å². The Morgan fingerprint density at radius 3 is 2.44 bits per heavy atom. The van der Waals surface area contributed by atoms with Crippen LogP contribution in [0.1, 0.15) is 46.0 Å². The van der Waals surface area contributed by atoms with Crippen LogP contribution in [-0.2, 0) is 14.0 Å². The SMILES string of the molecule is C=CC(=O)OCCCCC(CC)(CC)O[SiH3]. The van der Waals surface area contributed by atoms with Crippen molar-refractivity contribution in [3.8, 4) is 0 Å². The number of carbonyl (C=O) groups is 1. The predicted octanol–water partition coefficient (Wildman–Crippen LogP) is 1.74. The summed E-state index contributed by atoms with van der Waals surface area (Å²) in [6.07, 6.45) is 6.29. The van der Waals surface area contributed by atoms with Gasteiger partial charge in [0.05, 0.1) is 12.2 Å². The lowest BCUT2D eigenvalue weighted by molar-refractivity contribution is -0.137. The molecule has 0 aromatic rings. The second-order valence-electron chi connectivity index (χ2n) is 3.92. The van der Waals surface area contributed by atoms with Gasteiger partial charge in [-0.25, -0.2) is 4.79 Å². The van der Waals surface area contributed by atoms with Crippen LogP contribution in [0.5, 0.6) is 0 Å². The van der Waals surface area contributed by atoms with E-state index in [0.29, 0.717) is 6.61 Å². The van der Waals surface area contributed by atoms with E-state index in [2.05, 4.69) is 20.4 Å². The minimum absolute atomic E-state index is 0.0642. The number of esters is 1. The quantitative estimate of drug-likeness (QED) is 0.268. The fourth-order valence-corrected chi connectivity index (χ4v) is 2.56. The maximum atomic E-state index is 10.8. The van der Waals surface area contributed by atoms with E-state index in [1.165, 1.54) is 6.08 Å². The van der Waals surface area contributed by atoms with E-state index in [4.69, 9.17) is 9.16 Å². The summed E-state index contributed by atoms with van der Waals surface area (Å²) in [5.74, 6) is -0.337. The lowest BCUT2D eigenvalue weighted by Gasteiger charge is -2.31. The first-order valence-corrected chi connectivity index (χ1v) is 6.80. The molecule has 94 valence electrons. The highest BCUT2D eigenvalue weighted by molar-refractivity contribution is 5.98. The van der Waals surface area contributed by atoms with E-state index in [-0.39, 0.29) is 11.6 Å². The van der Waals surface area contributed by atoms with Gasteiger partial charge in [-0.15, -0.1) is 0 Å². The van der Waals surface area contributed by atoms with Crippen LogP contribution in [0.4, 0.5) is 0 Å². The molecule has 0 saturated carbocycles. The Labute approximate surface area is 102 Å². The first-order valence-electron chi connectivity index (χ1n) is 5.98. The Morgan fingerprint density at radius 2 is 2.00 bits per heavy atom. The van der Waals surface area contributed by atoms with Crippen LogP contribution < -0.4 is 0 Å². The van der Waals surface area contributed by atoms with Crippen molar-refractivity contribution in [3.05, 3.63) is 12.7 Å². The third-order valence-corrected chi connectivity index (χ3v) is 4.03. The van der Waals surface area contributed by atoms with Gasteiger partial charge in [0.15, 0.2) is 0 Å². The summed E-state index contributed by atoms with van der Waals surface area (Å²) in [6.45, 7) is 8.16. The lowest BCUT2D eigenvalue weighted by Crippen LogP contribution is -2.30. The summed E-state index contributed by atoms with van der Waals surface area (Å²) in [7, 11) is 0.784. The van der Waals surface area contributed by atoms with Crippen LogP contribution in [0.2, 0.25) is 0 Å². The predicted molar refractivity (Wildman–Crippen MR) is 69.3 cm³/mol. The van der Waals surface area contributed by atoms with Gasteiger partial charge in [-0.3, -0.25) is 0 Å². The summed E-state index contributed by atoms with van der Waals surface area (Å²) in [6, 6.07) is 0. The highest BCUT2D eigenvalue weighted by atomic mass is 28.2. The summed E-state index contributed by atoms with van der Waals surface area (Å²) in [4.78, 5) is 10.8. The molecule has 4 heteroatoms. The van der Waals surface area contributed by atoms with Crippen molar-refractivity contribution in [2.45, 2.75) is 51.6 Å². The van der Waals surface area contributed by atoms with Crippen LogP contribution in [0.15, 0.2) is 12.7 Å². The molecule has 0 fully saturated rings. The number of carbonyl (C=O) groups excluding carboxylic acids is 1. The molecule has 0 aliphatic heterocycles. The zero-order valence-corrected chi connectivity index (χ0v) is 12.8. The van der Waals surface area contributed by atoms with Crippen molar-refractivity contribution in [2.24, 2.45) is 0 Å². The molecule has 0 radical (unpaired) electrons. The average molecular weight is 244 g/mol. The van der Waals surface area contributed by atoms with Crippen molar-refractivity contribution in [2.75, 3.05) is 6.61 Å². The molecule has 0 heterocycles. The van der Waals surface area contributed by atoms with E-state index in [9.17, 15) is 4.79 Å². The van der Waals surface area contributed by atoms with Gasteiger partial charge in [0.1, 0.15) is 10.5 Å². The molecule has 0 aliphatic carbocycles. The Bertz CT molecular complexity index is 204. The van der Waals surface area contributed by atoms with E-state index >= 15 is 0 Å². The third-order valence-electron chi connectivity index (χ3n) is 3.16. The van der Waals surface area contributed by atoms with Crippen LogP contribution in [0, 0.1) is 0 Å². The van der Waals surface area contributed by atoms with Gasteiger partial charge in [-0.2, -0.15) is 0 Å². The smallest absolute Gasteiger partial charge is 0.330 e. The number of rotatable bonds is 9. The standard InChI is InChI=1S/C12H24O3Si/c1-4-11(13)14-10-8-7-9-12(5-2,6-3)15-16/h4H,1,5-10H2,2-3,16H3. The summed E-state index contributed by atoms with van der Waals surface area (Å²) >= 11 is 0. The van der Waals surface area contributed by atoms with Crippen molar-refractivity contribution in [1.29, 1.82) is 0 Å². The Morgan fingerprint density at radius 1 is 1.38 bits per heavy atom. The van der Waals surface area contributed by atoms with Gasteiger partial charge in [0.2, 0.25) is 0 Å². The molecule has 0 bridgehead atoms. The second-order valence-corrected chi connectivity index (χ2v) is 4.33. The third kappa shape index (κ3) is 5.46. The average Bonchev–Trinajstić information content (AvgIpc) is 2.34. The number of hydrogen-bond acceptors (Lipinski definition) is 3. The maximum Gasteiger partial charge on any atom is 0.330 e. The van der Waals surface area contributed by atoms with E-state index in [1.54, 1.807) is 0 Å². The van der Waals surface area contributed by atoms with Crippen molar-refractivity contribution < 1.29 is 14.0 Å². The first kappa shape index (κ1) is 15.4. The van der Waals surface area contributed by atoms with E-state index < -0.39 is 0 Å². The highest BCUT2D eigenvalue weighted by Gasteiger charge is 2.23. The monoisotopic (exact) mass is 244 g/mol. The number of unbranched alkanes of at least 4 members (excludes halogenated alkanes) is 1. The van der Waals surface area contributed by atoms with Crippen molar-refractivity contribution >= 4 is 16.5 Å². The first-order chi connectivity index (χ1) is 7.64. The molecule has 0 aromatic heterocycles. The molecule has 0 aromatic carbocycles. The number of hydrogen-bond donors (Lipinski definition) is 0. The highest BCUT2D eigenvalue weighted by Crippen LogP contribution is 2.25. The molecule has 0 amide bonds. The normalized spacial score (nSPS) is 11.4. The molecule has 0 rings (SSSR count). The van der Waals surface area contributed by atoms with Gasteiger partial charge in [-0.05, 0) is 32.1 Å². The Hall–Kier alpha value is -0.613. The van der Waals surface area contributed by atoms with Gasteiger partial charge < -0.3 is 9.16 Å². The van der Waals surface area contributed by atoms with Crippen LogP contribution in [0.25, 0.3) is 0 Å². The zero-order valence-electron chi connectivity index (χ0n) is 10.8. The topological polar surface area (TPSA) is 35.5 Å². The fraction of sp³-hybridized carbons (Fsp3) is 0.750. The molecule has 0 aliphatic rings. The molecule has 16 heavy (non-hydrogen) atoms. The van der Waals surface area contributed by atoms with Gasteiger partial charge >= 0.3 is 5.97 Å². The largest absolute Gasteiger partial charge is 0.463 e. The van der Waals surface area contributed by atoms with Crippen LogP contribution in [-0.4, -0.2) is 28.7 Å². The summed E-state index contributed by atoms with van der Waals surface area (Å²) < 4.78 is 10.6. The maximum absolute atomic E-state index is 10.8. The molecule has 0 spiro atoms. The molecule has 0 unspecified atom stereocenters. The minimum atomic E-state index is -0.337. The fourth-order valence-electron chi connectivity index (χ4n) is 1.78. The molecule has 0 saturated heterocycles. The summed E-state index contributed by atoms with van der Waals surface area (Å²) in [5.41, 5.74) is 0.0642. The van der Waals surface area contributed by atoms with Crippen molar-refractivity contribution in [1.82, 2.24) is 0 Å². The summed E-state index contributed by atoms with van der Waals surface area (Å²) in [5, 5.41) is 0. The Balaban J connectivity index is 3.71. The molecule has 0 N–H and O–H groups in total. The molecular weight excluding hydrogens is 220 g/mol. The molecule has 3 nitrogen and oxygen atoms in total.